The second-order valence-electron chi connectivity index (χ2n) is 9.49. The van der Waals surface area contributed by atoms with Gasteiger partial charge in [-0.2, -0.15) is 5.10 Å². The van der Waals surface area contributed by atoms with Crippen molar-refractivity contribution in [2.75, 3.05) is 16.0 Å². The fourth-order valence-corrected chi connectivity index (χ4v) is 5.57. The number of benzene rings is 4. The Morgan fingerprint density at radius 3 is 2.42 bits per heavy atom. The highest BCUT2D eigenvalue weighted by Gasteiger charge is 2.34. The summed E-state index contributed by atoms with van der Waals surface area (Å²) in [7, 11) is -3.46. The fraction of sp³-hybridized carbons (Fsp3) is 0.100. The third kappa shape index (κ3) is 5.25. The lowest BCUT2D eigenvalue weighted by Crippen LogP contribution is -2.22. The van der Waals surface area contributed by atoms with Gasteiger partial charge in [0.05, 0.1) is 29.2 Å². The van der Waals surface area contributed by atoms with Crippen molar-refractivity contribution in [3.8, 4) is 11.3 Å². The summed E-state index contributed by atoms with van der Waals surface area (Å²) in [6.45, 7) is 0. The highest BCUT2D eigenvalue weighted by molar-refractivity contribution is 7.92. The number of hydrogen-bond acceptors (Lipinski definition) is 6. The van der Waals surface area contributed by atoms with Crippen LogP contribution in [0.3, 0.4) is 0 Å². The third-order valence-corrected chi connectivity index (χ3v) is 7.41. The summed E-state index contributed by atoms with van der Waals surface area (Å²) in [5.74, 6) is -0.0559. The van der Waals surface area contributed by atoms with Crippen molar-refractivity contribution < 1.29 is 12.8 Å². The molecule has 6 rings (SSSR count). The first-order chi connectivity index (χ1) is 19.2. The Kier molecular flexibility index (Phi) is 6.69. The monoisotopic (exact) mass is 571 g/mol. The van der Waals surface area contributed by atoms with Crippen LogP contribution in [0.5, 0.6) is 0 Å². The van der Waals surface area contributed by atoms with Crippen molar-refractivity contribution in [2.24, 2.45) is 5.10 Å². The molecule has 0 spiro atoms. The Hall–Kier alpha value is -4.34. The summed E-state index contributed by atoms with van der Waals surface area (Å²) in [4.78, 5) is 9.75. The van der Waals surface area contributed by atoms with Crippen molar-refractivity contribution in [3.05, 3.63) is 119 Å². The Morgan fingerprint density at radius 1 is 0.900 bits per heavy atom. The molecule has 0 bridgehead atoms. The Bertz CT molecular complexity index is 1880. The topological polar surface area (TPSA) is 87.5 Å². The lowest BCUT2D eigenvalue weighted by atomic mass is 9.98. The molecular weight excluding hydrogens is 549 g/mol. The molecule has 0 radical (unpaired) electrons. The predicted octanol–water partition coefficient (Wildman–Crippen LogP) is 6.82. The predicted molar refractivity (Wildman–Crippen MR) is 158 cm³/mol. The standard InChI is InChI=1S/C30H23ClFN5O2S/c1-40(38,39)36-22-11-7-10-20(16-22)27-18-28(23-12-5-6-13-25(23)32)37(35-27)30-33-26-15-14-21(31)17-24(26)29(34-30)19-8-3-2-4-9-19/h2-17,28,36H,18H2,1H3/t28-/m0/s1. The first-order valence-corrected chi connectivity index (χ1v) is 14.7. The number of rotatable bonds is 6. The SMILES string of the molecule is CS(=O)(=O)Nc1cccc(C2=NN(c3nc(-c4ccccc4)c4cc(Cl)ccc4n3)[C@H](c3ccccc3F)C2)c1. The van der Waals surface area contributed by atoms with Gasteiger partial charge >= 0.3 is 0 Å². The van der Waals surface area contributed by atoms with E-state index < -0.39 is 16.1 Å². The number of fused-ring (bicyclic) bond motifs is 1. The molecule has 1 aromatic heterocycles. The van der Waals surface area contributed by atoms with Crippen LogP contribution in [0.4, 0.5) is 16.0 Å². The maximum atomic E-state index is 15.1. The van der Waals surface area contributed by atoms with Crippen LogP contribution in [0.25, 0.3) is 22.2 Å². The second kappa shape index (κ2) is 10.3. The van der Waals surface area contributed by atoms with Crippen LogP contribution in [-0.4, -0.2) is 30.4 Å². The van der Waals surface area contributed by atoms with Gasteiger partial charge in [0.2, 0.25) is 16.0 Å². The average Bonchev–Trinajstić information content (AvgIpc) is 3.38. The minimum absolute atomic E-state index is 0.308. The van der Waals surface area contributed by atoms with E-state index in [-0.39, 0.29) is 5.82 Å². The molecule has 1 aliphatic heterocycles. The first kappa shape index (κ1) is 25.9. The normalized spacial score (nSPS) is 15.3. The van der Waals surface area contributed by atoms with Crippen molar-refractivity contribution in [1.29, 1.82) is 0 Å². The van der Waals surface area contributed by atoms with E-state index in [1.165, 1.54) is 6.07 Å². The summed E-state index contributed by atoms with van der Waals surface area (Å²) in [5.41, 5.74) is 4.44. The molecular formula is C30H23ClFN5O2S. The molecule has 1 atom stereocenters. The zero-order chi connectivity index (χ0) is 27.9. The van der Waals surface area contributed by atoms with Crippen LogP contribution in [-0.2, 0) is 10.0 Å². The van der Waals surface area contributed by atoms with Gasteiger partial charge in [-0.15, -0.1) is 0 Å². The van der Waals surface area contributed by atoms with E-state index in [9.17, 15) is 8.42 Å². The van der Waals surface area contributed by atoms with Gasteiger partial charge in [0.15, 0.2) is 0 Å². The van der Waals surface area contributed by atoms with Crippen LogP contribution in [0.2, 0.25) is 5.02 Å². The molecule has 200 valence electrons. The second-order valence-corrected chi connectivity index (χ2v) is 11.7. The minimum Gasteiger partial charge on any atom is -0.284 e. The zero-order valence-electron chi connectivity index (χ0n) is 21.3. The molecule has 0 amide bonds. The third-order valence-electron chi connectivity index (χ3n) is 6.57. The number of hydrogen-bond donors (Lipinski definition) is 1. The number of aromatic nitrogens is 2. The quantitative estimate of drug-likeness (QED) is 0.242. The van der Waals surface area contributed by atoms with Gasteiger partial charge in [0.1, 0.15) is 5.82 Å². The Labute approximate surface area is 236 Å². The zero-order valence-corrected chi connectivity index (χ0v) is 22.9. The van der Waals surface area contributed by atoms with Crippen LogP contribution in [0, 0.1) is 5.82 Å². The molecule has 5 aromatic rings. The largest absolute Gasteiger partial charge is 0.284 e. The van der Waals surface area contributed by atoms with Gasteiger partial charge in [-0.25, -0.2) is 27.8 Å². The number of nitrogens with zero attached hydrogens (tertiary/aromatic N) is 4. The molecule has 7 nitrogen and oxygen atoms in total. The summed E-state index contributed by atoms with van der Waals surface area (Å²) in [6, 6.07) is 28.1. The Morgan fingerprint density at radius 2 is 1.65 bits per heavy atom. The average molecular weight is 572 g/mol. The Balaban J connectivity index is 1.52. The molecule has 0 unspecified atom stereocenters. The maximum absolute atomic E-state index is 15.1. The van der Waals surface area contributed by atoms with E-state index in [1.54, 1.807) is 47.5 Å². The van der Waals surface area contributed by atoms with E-state index >= 15 is 4.39 Å². The van der Waals surface area contributed by atoms with E-state index in [1.807, 2.05) is 48.5 Å². The minimum atomic E-state index is -3.46. The molecule has 0 aliphatic carbocycles. The smallest absolute Gasteiger partial charge is 0.247 e. The van der Waals surface area contributed by atoms with Crippen LogP contribution in [0.1, 0.15) is 23.6 Å². The lowest BCUT2D eigenvalue weighted by Gasteiger charge is -2.23. The molecule has 0 saturated heterocycles. The molecule has 0 fully saturated rings. The number of nitrogens with one attached hydrogen (secondary N) is 1. The van der Waals surface area contributed by atoms with Crippen molar-refractivity contribution >= 4 is 49.9 Å². The van der Waals surface area contributed by atoms with Crippen molar-refractivity contribution in [3.63, 3.8) is 0 Å². The van der Waals surface area contributed by atoms with E-state index in [0.717, 1.165) is 17.2 Å². The van der Waals surface area contributed by atoms with Gasteiger partial charge in [-0.3, -0.25) is 4.72 Å². The molecule has 10 heteroatoms. The number of anilines is 2. The maximum Gasteiger partial charge on any atom is 0.247 e. The van der Waals surface area contributed by atoms with Gasteiger partial charge < -0.3 is 0 Å². The van der Waals surface area contributed by atoms with E-state index in [2.05, 4.69) is 4.72 Å². The molecule has 1 aliphatic rings. The summed E-state index contributed by atoms with van der Waals surface area (Å²) in [6.07, 6.45) is 1.45. The highest BCUT2D eigenvalue weighted by atomic mass is 35.5. The first-order valence-electron chi connectivity index (χ1n) is 12.5. The van der Waals surface area contributed by atoms with Gasteiger partial charge in [-0.1, -0.05) is 72.3 Å². The van der Waals surface area contributed by atoms with Gasteiger partial charge in [-0.05, 0) is 42.0 Å². The number of sulfonamides is 1. The molecule has 0 saturated carbocycles. The van der Waals surface area contributed by atoms with Crippen LogP contribution in [0.15, 0.2) is 102 Å². The molecule has 4 aromatic carbocycles. The summed E-state index contributed by atoms with van der Waals surface area (Å²) in [5, 5.41) is 7.87. The summed E-state index contributed by atoms with van der Waals surface area (Å²) >= 11 is 6.33. The van der Waals surface area contributed by atoms with Gasteiger partial charge in [0, 0.05) is 33.6 Å². The molecule has 1 N–H and O–H groups in total. The van der Waals surface area contributed by atoms with Crippen LogP contribution < -0.4 is 9.73 Å². The van der Waals surface area contributed by atoms with Crippen LogP contribution >= 0.6 is 11.6 Å². The molecule has 2 heterocycles. The van der Waals surface area contributed by atoms with Gasteiger partial charge in [0.25, 0.3) is 0 Å². The van der Waals surface area contributed by atoms with E-state index in [4.69, 9.17) is 26.7 Å². The van der Waals surface area contributed by atoms with Crippen molar-refractivity contribution in [1.82, 2.24) is 9.97 Å². The number of halogens is 2. The van der Waals surface area contributed by atoms with Crippen molar-refractivity contribution in [2.45, 2.75) is 12.5 Å². The van der Waals surface area contributed by atoms with E-state index in [0.29, 0.717) is 51.1 Å². The fourth-order valence-electron chi connectivity index (χ4n) is 4.84. The highest BCUT2D eigenvalue weighted by Crippen LogP contribution is 2.39. The summed E-state index contributed by atoms with van der Waals surface area (Å²) < 4.78 is 41.3. The lowest BCUT2D eigenvalue weighted by molar-refractivity contribution is 0.576. The molecule has 40 heavy (non-hydrogen) atoms. The number of hydrazone groups is 1.